The molecule has 2 heterocycles. The zero-order valence-electron chi connectivity index (χ0n) is 10.1. The summed E-state index contributed by atoms with van der Waals surface area (Å²) in [7, 11) is 0. The van der Waals surface area contributed by atoms with Crippen LogP contribution in [0.2, 0.25) is 0 Å². The molecule has 1 aliphatic rings. The Hall–Kier alpha value is -0.870. The maximum Gasteiger partial charge on any atom is 0.0876 e. The van der Waals surface area contributed by atoms with Gasteiger partial charge in [0.1, 0.15) is 0 Å². The number of rotatable bonds is 5. The minimum absolute atomic E-state index is 0.822. The van der Waals surface area contributed by atoms with Crippen molar-refractivity contribution in [2.75, 3.05) is 19.6 Å². The van der Waals surface area contributed by atoms with Crippen LogP contribution in [0.1, 0.15) is 37.7 Å². The Bertz CT molecular complexity index is 342. The average molecular weight is 252 g/mol. The molecule has 94 valence electrons. The van der Waals surface area contributed by atoms with Gasteiger partial charge < -0.3 is 10.1 Å². The smallest absolute Gasteiger partial charge is 0.0876 e. The Morgan fingerprint density at radius 3 is 2.82 bits per heavy atom. The topological polar surface area (TPSA) is 35.8 Å². The Morgan fingerprint density at radius 2 is 2.18 bits per heavy atom. The van der Waals surface area contributed by atoms with Crippen molar-refractivity contribution in [1.82, 2.24) is 4.90 Å². The summed E-state index contributed by atoms with van der Waals surface area (Å²) >= 11 is 1.64. The molecule has 1 N–H and O–H groups in total. The van der Waals surface area contributed by atoms with E-state index in [1.54, 1.807) is 11.3 Å². The van der Waals surface area contributed by atoms with E-state index in [1.165, 1.54) is 32.4 Å². The summed E-state index contributed by atoms with van der Waals surface area (Å²) in [6, 6.07) is 2.01. The first-order valence-electron chi connectivity index (χ1n) is 6.36. The summed E-state index contributed by atoms with van der Waals surface area (Å²) in [6.45, 7) is 3.61. The van der Waals surface area contributed by atoms with E-state index in [4.69, 9.17) is 5.21 Å². The molecule has 0 bridgehead atoms. The van der Waals surface area contributed by atoms with Crippen molar-refractivity contribution in [1.29, 1.82) is 0 Å². The van der Waals surface area contributed by atoms with Gasteiger partial charge in [-0.1, -0.05) is 11.6 Å². The zero-order valence-corrected chi connectivity index (χ0v) is 11.0. The molecule has 4 heteroatoms. The van der Waals surface area contributed by atoms with Crippen molar-refractivity contribution in [2.45, 2.75) is 32.1 Å². The second kappa shape index (κ2) is 6.77. The number of thiophene rings is 1. The Kier molecular flexibility index (Phi) is 5.01. The van der Waals surface area contributed by atoms with Gasteiger partial charge in [-0.2, -0.15) is 11.3 Å². The third-order valence-corrected chi connectivity index (χ3v) is 3.99. The molecular formula is C13H20N2OS. The van der Waals surface area contributed by atoms with Crippen LogP contribution in [0.3, 0.4) is 0 Å². The van der Waals surface area contributed by atoms with Crippen molar-refractivity contribution < 1.29 is 5.21 Å². The largest absolute Gasteiger partial charge is 0.411 e. The van der Waals surface area contributed by atoms with Crippen LogP contribution in [0.4, 0.5) is 0 Å². The number of hydrogen-bond acceptors (Lipinski definition) is 4. The van der Waals surface area contributed by atoms with Gasteiger partial charge in [0.05, 0.1) is 5.71 Å². The van der Waals surface area contributed by atoms with Gasteiger partial charge in [-0.3, -0.25) is 0 Å². The molecule has 1 saturated heterocycles. The molecular weight excluding hydrogens is 232 g/mol. The highest BCUT2D eigenvalue weighted by Crippen LogP contribution is 2.13. The quantitative estimate of drug-likeness (QED) is 0.496. The molecule has 1 aromatic rings. The maximum atomic E-state index is 9.01. The molecule has 0 aliphatic carbocycles. The number of nitrogens with zero attached hydrogens (tertiary/aromatic N) is 2. The lowest BCUT2D eigenvalue weighted by Gasteiger charge is -2.26. The Labute approximate surface area is 107 Å². The highest BCUT2D eigenvalue weighted by molar-refractivity contribution is 7.08. The Balaban J connectivity index is 1.73. The molecule has 1 aromatic heterocycles. The highest BCUT2D eigenvalue weighted by atomic mass is 32.1. The minimum atomic E-state index is 0.822. The zero-order chi connectivity index (χ0) is 11.9. The molecule has 17 heavy (non-hydrogen) atoms. The Morgan fingerprint density at radius 1 is 1.35 bits per heavy atom. The van der Waals surface area contributed by atoms with Crippen LogP contribution in [0.25, 0.3) is 0 Å². The lowest BCUT2D eigenvalue weighted by molar-refractivity contribution is 0.227. The fourth-order valence-corrected chi connectivity index (χ4v) is 3.00. The summed E-state index contributed by atoms with van der Waals surface area (Å²) in [6.07, 6.45) is 6.00. The van der Waals surface area contributed by atoms with Crippen LogP contribution < -0.4 is 0 Å². The molecule has 1 fully saturated rings. The lowest BCUT2D eigenvalue weighted by Crippen LogP contribution is -2.30. The summed E-state index contributed by atoms with van der Waals surface area (Å²) in [5.41, 5.74) is 1.89. The number of likely N-dealkylation sites (tertiary alicyclic amines) is 1. The fraction of sp³-hybridized carbons (Fsp3) is 0.615. The van der Waals surface area contributed by atoms with Gasteiger partial charge in [0.25, 0.3) is 0 Å². The predicted molar refractivity (Wildman–Crippen MR) is 72.2 cm³/mol. The van der Waals surface area contributed by atoms with Gasteiger partial charge in [0, 0.05) is 5.56 Å². The summed E-state index contributed by atoms with van der Waals surface area (Å²) in [5.74, 6) is 0. The average Bonchev–Trinajstić information content (AvgIpc) is 2.90. The van der Waals surface area contributed by atoms with E-state index < -0.39 is 0 Å². The molecule has 0 aromatic carbocycles. The van der Waals surface area contributed by atoms with Gasteiger partial charge in [0.2, 0.25) is 0 Å². The van der Waals surface area contributed by atoms with E-state index in [9.17, 15) is 0 Å². The monoisotopic (exact) mass is 252 g/mol. The summed E-state index contributed by atoms with van der Waals surface area (Å²) in [5, 5.41) is 16.5. The second-order valence-electron chi connectivity index (χ2n) is 4.56. The number of piperidine rings is 1. The van der Waals surface area contributed by atoms with Gasteiger partial charge in [0.15, 0.2) is 0 Å². The van der Waals surface area contributed by atoms with E-state index in [2.05, 4.69) is 10.1 Å². The third kappa shape index (κ3) is 3.82. The molecule has 0 amide bonds. The van der Waals surface area contributed by atoms with E-state index in [0.29, 0.717) is 0 Å². The van der Waals surface area contributed by atoms with Crippen molar-refractivity contribution in [3.8, 4) is 0 Å². The molecule has 0 atom stereocenters. The van der Waals surface area contributed by atoms with Crippen LogP contribution in [0, 0.1) is 0 Å². The standard InChI is InChI=1S/C13H20N2OS/c16-14-13(12-6-10-17-11-12)5-4-9-15-7-2-1-3-8-15/h6,10-11,16H,1-5,7-9H2/b14-13-. The SMILES string of the molecule is O/N=C(/CCCN1CCCCC1)c1ccsc1. The van der Waals surface area contributed by atoms with E-state index in [1.807, 2.05) is 16.8 Å². The van der Waals surface area contributed by atoms with Crippen molar-refractivity contribution in [3.05, 3.63) is 22.4 Å². The van der Waals surface area contributed by atoms with Crippen molar-refractivity contribution in [2.24, 2.45) is 5.16 Å². The summed E-state index contributed by atoms with van der Waals surface area (Å²) in [4.78, 5) is 2.52. The minimum Gasteiger partial charge on any atom is -0.411 e. The molecule has 1 aliphatic heterocycles. The fourth-order valence-electron chi connectivity index (χ4n) is 2.33. The normalized spacial score (nSPS) is 18.5. The van der Waals surface area contributed by atoms with E-state index in [-0.39, 0.29) is 0 Å². The van der Waals surface area contributed by atoms with Gasteiger partial charge >= 0.3 is 0 Å². The van der Waals surface area contributed by atoms with Gasteiger partial charge in [-0.15, -0.1) is 0 Å². The molecule has 0 saturated carbocycles. The van der Waals surface area contributed by atoms with Crippen LogP contribution >= 0.6 is 11.3 Å². The molecule has 0 radical (unpaired) electrons. The highest BCUT2D eigenvalue weighted by Gasteiger charge is 2.10. The molecule has 0 unspecified atom stereocenters. The van der Waals surface area contributed by atoms with Gasteiger partial charge in [-0.25, -0.2) is 0 Å². The second-order valence-corrected chi connectivity index (χ2v) is 5.34. The molecule has 2 rings (SSSR count). The molecule has 0 spiro atoms. The van der Waals surface area contributed by atoms with Crippen LogP contribution in [-0.4, -0.2) is 35.5 Å². The van der Waals surface area contributed by atoms with Crippen LogP contribution in [0.5, 0.6) is 0 Å². The van der Waals surface area contributed by atoms with Crippen LogP contribution in [0.15, 0.2) is 22.0 Å². The molecule has 3 nitrogen and oxygen atoms in total. The van der Waals surface area contributed by atoms with Crippen LogP contribution in [-0.2, 0) is 0 Å². The maximum absolute atomic E-state index is 9.01. The first-order chi connectivity index (χ1) is 8.40. The third-order valence-electron chi connectivity index (χ3n) is 3.31. The van der Waals surface area contributed by atoms with E-state index >= 15 is 0 Å². The predicted octanol–water partition coefficient (Wildman–Crippen LogP) is 3.19. The first-order valence-corrected chi connectivity index (χ1v) is 7.30. The van der Waals surface area contributed by atoms with Crippen molar-refractivity contribution >= 4 is 17.0 Å². The number of hydrogen-bond donors (Lipinski definition) is 1. The first kappa shape index (κ1) is 12.6. The number of oxime groups is 1. The van der Waals surface area contributed by atoms with Crippen molar-refractivity contribution in [3.63, 3.8) is 0 Å². The summed E-state index contributed by atoms with van der Waals surface area (Å²) < 4.78 is 0. The van der Waals surface area contributed by atoms with Gasteiger partial charge in [-0.05, 0) is 62.1 Å². The van der Waals surface area contributed by atoms with E-state index in [0.717, 1.165) is 30.7 Å². The lowest BCUT2D eigenvalue weighted by atomic mass is 10.1.